The number of allylic oxidation sites excluding steroid dienone is 2. The zero-order chi connectivity index (χ0) is 33.9. The summed E-state index contributed by atoms with van der Waals surface area (Å²) in [5.41, 5.74) is 4.30. The average Bonchev–Trinajstić information content (AvgIpc) is 3.49. The summed E-state index contributed by atoms with van der Waals surface area (Å²) in [7, 11) is 1.38. The second-order valence-electron chi connectivity index (χ2n) is 12.2. The van der Waals surface area contributed by atoms with Crippen LogP contribution in [0.5, 0.6) is 0 Å². The lowest BCUT2D eigenvalue weighted by molar-refractivity contribution is -0.115. The lowest BCUT2D eigenvalue weighted by Crippen LogP contribution is -2.49. The Morgan fingerprint density at radius 2 is 1.78 bits per heavy atom. The van der Waals surface area contributed by atoms with Crippen LogP contribution in [0, 0.1) is 0 Å². The van der Waals surface area contributed by atoms with Crippen LogP contribution in [0.25, 0.3) is 0 Å². The summed E-state index contributed by atoms with van der Waals surface area (Å²) in [6.07, 6.45) is 11.3. The Morgan fingerprint density at radius 3 is 2.59 bits per heavy atom. The fourth-order valence-corrected chi connectivity index (χ4v) is 10.3. The number of nitrogens with zero attached hydrogens (tertiary/aromatic N) is 1. The highest BCUT2D eigenvalue weighted by Crippen LogP contribution is 2.45. The number of hydrogen-bond donors (Lipinski definition) is 2. The lowest BCUT2D eigenvalue weighted by atomic mass is 9.83. The van der Waals surface area contributed by atoms with Gasteiger partial charge in [-0.05, 0) is 73.1 Å². The number of carbonyl (C=O) groups excluding carboxylic acids is 3. The van der Waals surface area contributed by atoms with E-state index >= 15 is 0 Å². The zero-order valence-electron chi connectivity index (χ0n) is 27.3. The number of ether oxygens (including phenoxy) is 1. The van der Waals surface area contributed by atoms with Crippen LogP contribution in [0.15, 0.2) is 113 Å². The van der Waals surface area contributed by atoms with Gasteiger partial charge in [0.2, 0.25) is 5.91 Å². The molecule has 4 unspecified atom stereocenters. The summed E-state index contributed by atoms with van der Waals surface area (Å²) in [6, 6.07) is 25.7. The summed E-state index contributed by atoms with van der Waals surface area (Å²) in [5.74, 6) is -0.221. The minimum absolute atomic E-state index is 0.0994. The molecule has 49 heavy (non-hydrogen) atoms. The van der Waals surface area contributed by atoms with Crippen LogP contribution in [0.4, 0.5) is 21.2 Å². The fraction of sp³-hybridized carbons (Fsp3) is 0.256. The van der Waals surface area contributed by atoms with Crippen molar-refractivity contribution in [2.75, 3.05) is 22.6 Å². The van der Waals surface area contributed by atoms with Crippen molar-refractivity contribution >= 4 is 69.1 Å². The summed E-state index contributed by atoms with van der Waals surface area (Å²) < 4.78 is 5.18. The largest absolute Gasteiger partial charge is 0.465 e. The molecular weight excluding hydrogens is 671 g/mol. The monoisotopic (exact) mass is 707 g/mol. The number of benzene rings is 3. The zero-order valence-corrected chi connectivity index (χ0v) is 29.7. The molecule has 2 aliphatic carbocycles. The number of hydrogen-bond acceptors (Lipinski definition) is 7. The summed E-state index contributed by atoms with van der Waals surface area (Å²) in [4.78, 5) is 45.5. The molecule has 0 saturated carbocycles. The van der Waals surface area contributed by atoms with Gasteiger partial charge in [-0.15, -0.1) is 34.9 Å². The first kappa shape index (κ1) is 33.3. The number of para-hydroxylation sites is 1. The highest BCUT2D eigenvalue weighted by atomic mass is 32.2. The van der Waals surface area contributed by atoms with E-state index in [2.05, 4.69) is 53.1 Å². The number of rotatable bonds is 8. The van der Waals surface area contributed by atoms with Gasteiger partial charge < -0.3 is 15.4 Å². The lowest BCUT2D eigenvalue weighted by Gasteiger charge is -2.40. The Balaban J connectivity index is 1.06. The first-order valence-corrected chi connectivity index (χ1v) is 19.1. The van der Waals surface area contributed by atoms with E-state index in [1.165, 1.54) is 35.8 Å². The molecule has 0 spiro atoms. The minimum atomic E-state index is -0.420. The molecule has 2 heterocycles. The molecule has 3 amide bonds. The van der Waals surface area contributed by atoms with Crippen LogP contribution in [0.3, 0.4) is 0 Å². The van der Waals surface area contributed by atoms with Gasteiger partial charge in [0.15, 0.2) is 0 Å². The van der Waals surface area contributed by atoms with E-state index in [1.54, 1.807) is 11.8 Å². The quantitative estimate of drug-likeness (QED) is 0.140. The van der Waals surface area contributed by atoms with E-state index in [0.717, 1.165) is 45.2 Å². The Morgan fingerprint density at radius 1 is 0.980 bits per heavy atom. The Labute approximate surface area is 299 Å². The number of esters is 1. The van der Waals surface area contributed by atoms with E-state index < -0.39 is 11.2 Å². The van der Waals surface area contributed by atoms with E-state index in [0.29, 0.717) is 28.6 Å². The fourth-order valence-electron chi connectivity index (χ4n) is 6.74. The van der Waals surface area contributed by atoms with Gasteiger partial charge in [-0.3, -0.25) is 9.69 Å². The maximum atomic E-state index is 13.8. The number of carbonyl (C=O) groups is 3. The van der Waals surface area contributed by atoms with Crippen LogP contribution in [0.1, 0.15) is 52.0 Å². The summed E-state index contributed by atoms with van der Waals surface area (Å²) in [5, 5.41) is 6.49. The summed E-state index contributed by atoms with van der Waals surface area (Å²) in [6.45, 7) is 1.97. The van der Waals surface area contributed by atoms with Gasteiger partial charge >= 0.3 is 12.0 Å². The molecule has 0 fully saturated rings. The molecule has 4 atom stereocenters. The molecule has 1 aromatic heterocycles. The molecule has 7 rings (SSSR count). The maximum absolute atomic E-state index is 13.8. The number of thioether (sulfide) groups is 2. The highest BCUT2D eigenvalue weighted by molar-refractivity contribution is 8.00. The summed E-state index contributed by atoms with van der Waals surface area (Å²) >= 11 is 4.70. The first-order valence-electron chi connectivity index (χ1n) is 16.5. The van der Waals surface area contributed by atoms with Crippen molar-refractivity contribution in [1.82, 2.24) is 0 Å². The van der Waals surface area contributed by atoms with Crippen molar-refractivity contribution in [2.45, 2.75) is 64.9 Å². The molecule has 2 N–H and O–H groups in total. The predicted octanol–water partition coefficient (Wildman–Crippen LogP) is 9.32. The van der Waals surface area contributed by atoms with Crippen molar-refractivity contribution < 1.29 is 19.1 Å². The molecule has 4 aromatic rings. The van der Waals surface area contributed by atoms with Gasteiger partial charge in [0.1, 0.15) is 5.00 Å². The van der Waals surface area contributed by atoms with Crippen molar-refractivity contribution in [3.05, 3.63) is 125 Å². The van der Waals surface area contributed by atoms with E-state index in [4.69, 9.17) is 4.74 Å². The second-order valence-corrected chi connectivity index (χ2v) is 15.8. The van der Waals surface area contributed by atoms with E-state index in [9.17, 15) is 14.4 Å². The number of anilines is 3. The Kier molecular flexibility index (Phi) is 9.98. The molecule has 1 aliphatic heterocycles. The molecular formula is C39H37N3O4S3. The standard InChI is InChI=1S/C39H37N3O4S3/c1-3-31(36(43)41-37-35(38(44)46-2)28-21-20-25(22-34(28)49-37)24-12-5-4-6-13-24)47-27-15-11-14-26(23-27)40-39(45)42-29-16-7-9-18-32(29)48-33-19-10-8-17-30(33)42/h4-19,23,25,29,31-32H,3,20-22H2,1-2H3,(H,40,45)(H,41,43). The number of methoxy groups -OCH3 is 1. The van der Waals surface area contributed by atoms with Crippen LogP contribution < -0.4 is 15.5 Å². The van der Waals surface area contributed by atoms with Crippen LogP contribution in [-0.4, -0.2) is 41.6 Å². The van der Waals surface area contributed by atoms with Crippen molar-refractivity contribution in [1.29, 1.82) is 0 Å². The molecule has 0 bridgehead atoms. The number of fused-ring (bicyclic) bond motifs is 3. The molecule has 3 aliphatic rings. The molecule has 3 aromatic carbocycles. The van der Waals surface area contributed by atoms with Gasteiger partial charge in [0, 0.05) is 20.4 Å². The van der Waals surface area contributed by atoms with Crippen LogP contribution in [0.2, 0.25) is 0 Å². The van der Waals surface area contributed by atoms with Crippen molar-refractivity contribution in [2.24, 2.45) is 0 Å². The van der Waals surface area contributed by atoms with E-state index in [1.807, 2.05) is 72.5 Å². The van der Waals surface area contributed by atoms with Gasteiger partial charge in [-0.2, -0.15) is 0 Å². The van der Waals surface area contributed by atoms with Crippen molar-refractivity contribution in [3.8, 4) is 0 Å². The SMILES string of the molecule is CCC(Sc1cccc(NC(=O)N2c3ccccc3SC3C=CC=CC32)c1)C(=O)Nc1sc2c(c1C(=O)OC)CCC(c1ccccc1)C2. The highest BCUT2D eigenvalue weighted by Gasteiger charge is 2.37. The number of urea groups is 1. The Hall–Kier alpha value is -4.25. The third-order valence-corrected chi connectivity index (χ3v) is 13.0. The predicted molar refractivity (Wildman–Crippen MR) is 202 cm³/mol. The normalized spacial score (nSPS) is 19.6. The maximum Gasteiger partial charge on any atom is 0.341 e. The number of nitrogens with one attached hydrogen (secondary N) is 2. The third kappa shape index (κ3) is 6.95. The molecule has 7 nitrogen and oxygen atoms in total. The minimum Gasteiger partial charge on any atom is -0.465 e. The molecule has 250 valence electrons. The van der Waals surface area contributed by atoms with Gasteiger partial charge in [0.05, 0.1) is 34.9 Å². The number of thiophene rings is 1. The molecule has 0 radical (unpaired) electrons. The average molecular weight is 708 g/mol. The second kappa shape index (κ2) is 14.7. The van der Waals surface area contributed by atoms with Crippen molar-refractivity contribution in [3.63, 3.8) is 0 Å². The smallest absolute Gasteiger partial charge is 0.341 e. The molecule has 10 heteroatoms. The Bertz CT molecular complexity index is 1940. The topological polar surface area (TPSA) is 87.7 Å². The van der Waals surface area contributed by atoms with Gasteiger partial charge in [0.25, 0.3) is 0 Å². The van der Waals surface area contributed by atoms with Crippen LogP contribution in [-0.2, 0) is 22.4 Å². The third-order valence-electron chi connectivity index (χ3n) is 9.15. The van der Waals surface area contributed by atoms with Crippen LogP contribution >= 0.6 is 34.9 Å². The van der Waals surface area contributed by atoms with Gasteiger partial charge in [-0.1, -0.05) is 79.8 Å². The van der Waals surface area contributed by atoms with E-state index in [-0.39, 0.29) is 23.2 Å². The number of amides is 3. The molecule has 0 saturated heterocycles. The first-order chi connectivity index (χ1) is 23.9. The van der Waals surface area contributed by atoms with Gasteiger partial charge in [-0.25, -0.2) is 9.59 Å².